The lowest BCUT2D eigenvalue weighted by Gasteiger charge is -2.14. The molecule has 1 aliphatic carbocycles. The first-order chi connectivity index (χ1) is 13.0. The summed E-state index contributed by atoms with van der Waals surface area (Å²) in [5, 5.41) is 0. The van der Waals surface area contributed by atoms with Crippen molar-refractivity contribution in [3.63, 3.8) is 0 Å². The Bertz CT molecular complexity index is 1100. The van der Waals surface area contributed by atoms with Crippen molar-refractivity contribution < 1.29 is 9.18 Å². The van der Waals surface area contributed by atoms with Gasteiger partial charge in [0.2, 0.25) is 5.91 Å². The molecule has 0 fully saturated rings. The summed E-state index contributed by atoms with van der Waals surface area (Å²) in [4.78, 5) is 20.6. The van der Waals surface area contributed by atoms with E-state index >= 15 is 4.39 Å². The minimum atomic E-state index is -0.615. The molecule has 4 nitrogen and oxygen atoms in total. The number of carbonyl (C=O) groups is 1. The molecule has 0 aliphatic heterocycles. The normalized spacial score (nSPS) is 11.8. The zero-order chi connectivity index (χ0) is 19.1. The third kappa shape index (κ3) is 2.91. The highest BCUT2D eigenvalue weighted by Gasteiger charge is 2.28. The van der Waals surface area contributed by atoms with Gasteiger partial charge in [-0.05, 0) is 53.8 Å². The monoisotopic (exact) mass is 359 g/mol. The average molecular weight is 359 g/mol. The predicted octanol–water partition coefficient (Wildman–Crippen LogP) is 3.83. The Hall–Kier alpha value is -3.34. The fraction of sp³-hybridized carbons (Fsp3) is 0.136. The number of halogens is 1. The number of nitrogens with zero attached hydrogens (tertiary/aromatic N) is 2. The topological polar surface area (TPSA) is 68.9 Å². The lowest BCUT2D eigenvalue weighted by molar-refractivity contribution is 0.0999. The first kappa shape index (κ1) is 17.1. The molecule has 2 N–H and O–H groups in total. The van der Waals surface area contributed by atoms with E-state index in [9.17, 15) is 4.79 Å². The molecule has 1 aromatic heterocycles. The summed E-state index contributed by atoms with van der Waals surface area (Å²) in [7, 11) is 0. The molecule has 0 unspecified atom stereocenters. The predicted molar refractivity (Wildman–Crippen MR) is 103 cm³/mol. The molecule has 0 spiro atoms. The molecule has 0 saturated heterocycles. The number of hydrogen-bond acceptors (Lipinski definition) is 3. The van der Waals surface area contributed by atoms with Crippen LogP contribution in [0.25, 0.3) is 17.2 Å². The number of benzene rings is 2. The quantitative estimate of drug-likeness (QED) is 0.602. The lowest BCUT2D eigenvalue weighted by Crippen LogP contribution is -2.15. The van der Waals surface area contributed by atoms with Crippen LogP contribution in [0.3, 0.4) is 0 Å². The van der Waals surface area contributed by atoms with E-state index in [0.29, 0.717) is 35.6 Å². The summed E-state index contributed by atoms with van der Waals surface area (Å²) in [6, 6.07) is 10.9. The molecule has 1 heterocycles. The van der Waals surface area contributed by atoms with E-state index < -0.39 is 11.7 Å². The van der Waals surface area contributed by atoms with Crippen LogP contribution >= 0.6 is 0 Å². The SMILES string of the molecule is C=Cc1cc(Cc2c(F)cc(C(N)=O)c3c2-c2ccccc2C3)nc(C)n1. The molecule has 0 saturated carbocycles. The number of carbonyl (C=O) groups excluding carboxylic acids is 1. The first-order valence-corrected chi connectivity index (χ1v) is 8.67. The Balaban J connectivity index is 1.93. The van der Waals surface area contributed by atoms with Gasteiger partial charge in [0.05, 0.1) is 5.69 Å². The molecule has 4 rings (SSSR count). The van der Waals surface area contributed by atoms with Crippen LogP contribution in [0, 0.1) is 12.7 Å². The third-order valence-electron chi connectivity index (χ3n) is 4.89. The number of fused-ring (bicyclic) bond motifs is 3. The number of nitrogens with two attached hydrogens (primary N) is 1. The molecule has 0 radical (unpaired) electrons. The second kappa shape index (κ2) is 6.43. The van der Waals surface area contributed by atoms with Crippen LogP contribution in [0.4, 0.5) is 4.39 Å². The molecular weight excluding hydrogens is 341 g/mol. The van der Waals surface area contributed by atoms with Crippen molar-refractivity contribution >= 4 is 12.0 Å². The maximum atomic E-state index is 15.1. The summed E-state index contributed by atoms with van der Waals surface area (Å²) in [6.07, 6.45) is 2.51. The summed E-state index contributed by atoms with van der Waals surface area (Å²) in [5.41, 5.74) is 11.2. The Morgan fingerprint density at radius 1 is 1.30 bits per heavy atom. The van der Waals surface area contributed by atoms with Gasteiger partial charge < -0.3 is 5.73 Å². The zero-order valence-corrected chi connectivity index (χ0v) is 14.9. The van der Waals surface area contributed by atoms with Crippen molar-refractivity contribution in [3.8, 4) is 11.1 Å². The molecule has 5 heteroatoms. The van der Waals surface area contributed by atoms with Crippen molar-refractivity contribution in [2.45, 2.75) is 19.8 Å². The van der Waals surface area contributed by atoms with Crippen molar-refractivity contribution in [2.24, 2.45) is 5.73 Å². The van der Waals surface area contributed by atoms with Gasteiger partial charge in [0.1, 0.15) is 11.6 Å². The van der Waals surface area contributed by atoms with Crippen LogP contribution < -0.4 is 5.73 Å². The second-order valence-corrected chi connectivity index (χ2v) is 6.65. The van der Waals surface area contributed by atoms with E-state index in [2.05, 4.69) is 16.5 Å². The molecular formula is C22H18FN3O. The average Bonchev–Trinajstić information content (AvgIpc) is 3.02. The van der Waals surface area contributed by atoms with E-state index in [1.165, 1.54) is 6.07 Å². The molecule has 134 valence electrons. The van der Waals surface area contributed by atoms with Crippen molar-refractivity contribution in [1.29, 1.82) is 0 Å². The highest BCUT2D eigenvalue weighted by molar-refractivity contribution is 5.98. The summed E-state index contributed by atoms with van der Waals surface area (Å²) >= 11 is 0. The number of amides is 1. The first-order valence-electron chi connectivity index (χ1n) is 8.67. The minimum absolute atomic E-state index is 0.244. The second-order valence-electron chi connectivity index (χ2n) is 6.65. The lowest BCUT2D eigenvalue weighted by atomic mass is 9.92. The van der Waals surface area contributed by atoms with Gasteiger partial charge in [-0.2, -0.15) is 0 Å². The van der Waals surface area contributed by atoms with E-state index in [1.54, 1.807) is 19.1 Å². The molecule has 0 atom stereocenters. The Morgan fingerprint density at radius 2 is 2.07 bits per heavy atom. The van der Waals surface area contributed by atoms with Crippen LogP contribution in [0.15, 0.2) is 43.0 Å². The Kier molecular flexibility index (Phi) is 4.07. The number of rotatable bonds is 4. The number of hydrogen-bond donors (Lipinski definition) is 1. The van der Waals surface area contributed by atoms with Crippen LogP contribution in [0.2, 0.25) is 0 Å². The van der Waals surface area contributed by atoms with Crippen LogP contribution in [0.1, 0.15) is 44.3 Å². The standard InChI is InChI=1S/C22H18FN3O/c1-3-14-9-15(26-12(2)25-14)10-19-20(23)11-18(22(24)27)17-8-13-6-4-5-7-16(13)21(17)19/h3-7,9,11H,1,8,10H2,2H3,(H2,24,27). The highest BCUT2D eigenvalue weighted by atomic mass is 19.1. The van der Waals surface area contributed by atoms with Crippen LogP contribution in [0.5, 0.6) is 0 Å². The van der Waals surface area contributed by atoms with Crippen LogP contribution in [-0.2, 0) is 12.8 Å². The number of primary amides is 1. The molecule has 27 heavy (non-hydrogen) atoms. The van der Waals surface area contributed by atoms with Gasteiger partial charge >= 0.3 is 0 Å². The smallest absolute Gasteiger partial charge is 0.249 e. The van der Waals surface area contributed by atoms with Gasteiger partial charge in [-0.1, -0.05) is 30.8 Å². The highest BCUT2D eigenvalue weighted by Crippen LogP contribution is 2.42. The molecule has 1 aliphatic rings. The number of aryl methyl sites for hydroxylation is 1. The van der Waals surface area contributed by atoms with E-state index in [4.69, 9.17) is 5.73 Å². The van der Waals surface area contributed by atoms with Gasteiger partial charge in [0, 0.05) is 23.2 Å². The fourth-order valence-corrected chi connectivity index (χ4v) is 3.78. The van der Waals surface area contributed by atoms with E-state index in [0.717, 1.165) is 22.3 Å². The van der Waals surface area contributed by atoms with Crippen molar-refractivity contribution in [1.82, 2.24) is 9.97 Å². The molecule has 3 aromatic rings. The van der Waals surface area contributed by atoms with Gasteiger partial charge in [0.15, 0.2) is 0 Å². The van der Waals surface area contributed by atoms with Crippen molar-refractivity contribution in [2.75, 3.05) is 0 Å². The largest absolute Gasteiger partial charge is 0.366 e. The van der Waals surface area contributed by atoms with E-state index in [-0.39, 0.29) is 5.56 Å². The van der Waals surface area contributed by atoms with Crippen molar-refractivity contribution in [3.05, 3.63) is 88.3 Å². The van der Waals surface area contributed by atoms with Gasteiger partial charge in [-0.25, -0.2) is 14.4 Å². The van der Waals surface area contributed by atoms with Crippen LogP contribution in [-0.4, -0.2) is 15.9 Å². The fourth-order valence-electron chi connectivity index (χ4n) is 3.78. The Labute approximate surface area is 156 Å². The van der Waals surface area contributed by atoms with E-state index in [1.807, 2.05) is 24.3 Å². The Morgan fingerprint density at radius 3 is 2.81 bits per heavy atom. The maximum absolute atomic E-state index is 15.1. The number of aromatic nitrogens is 2. The zero-order valence-electron chi connectivity index (χ0n) is 14.9. The maximum Gasteiger partial charge on any atom is 0.249 e. The van der Waals surface area contributed by atoms with Gasteiger partial charge in [0.25, 0.3) is 0 Å². The minimum Gasteiger partial charge on any atom is -0.366 e. The molecule has 0 bridgehead atoms. The molecule has 1 amide bonds. The third-order valence-corrected chi connectivity index (χ3v) is 4.89. The van der Waals surface area contributed by atoms with Gasteiger partial charge in [-0.15, -0.1) is 0 Å². The summed E-state index contributed by atoms with van der Waals surface area (Å²) in [6.45, 7) is 5.54. The summed E-state index contributed by atoms with van der Waals surface area (Å²) < 4.78 is 15.1. The summed E-state index contributed by atoms with van der Waals surface area (Å²) in [5.74, 6) is -0.458. The molecule has 2 aromatic carbocycles. The van der Waals surface area contributed by atoms with Gasteiger partial charge in [-0.3, -0.25) is 4.79 Å².